The Labute approximate surface area is 304 Å². The monoisotopic (exact) mass is 731 g/mol. The van der Waals surface area contributed by atoms with Crippen LogP contribution in [0.2, 0.25) is 15.1 Å². The molecule has 2 aliphatic rings. The number of fused-ring (bicyclic) bond motifs is 1. The summed E-state index contributed by atoms with van der Waals surface area (Å²) in [5.41, 5.74) is 7.55. The Hall–Kier alpha value is -4.19. The standard InChI is InChI=1S/C37H36Cl3N7O3/c1-50-37-20(16-41-17-21-9-14-31(48)43-21)8-11-28(47-37)26-7-3-5-24(34(26)39)23-4-2-6-25(33(23)38)27-12-13-29-36(46-27)35(40)30(45-29)19-42-18-22-10-15-32(49)44-22/h2-8,11-13,21-22,41-42,45H,9-10,14-19H2,1H3,(H,43,48)(H,44,49). The van der Waals surface area contributed by atoms with Gasteiger partial charge in [-0.2, -0.15) is 0 Å². The minimum atomic E-state index is 0.0935. The van der Waals surface area contributed by atoms with E-state index in [0.717, 1.165) is 51.9 Å². The molecule has 3 aromatic heterocycles. The van der Waals surface area contributed by atoms with E-state index in [0.29, 0.717) is 76.9 Å². The van der Waals surface area contributed by atoms with Crippen LogP contribution in [0.15, 0.2) is 60.7 Å². The number of pyridine rings is 2. The van der Waals surface area contributed by atoms with Crippen LogP contribution >= 0.6 is 34.8 Å². The molecule has 258 valence electrons. The summed E-state index contributed by atoms with van der Waals surface area (Å²) in [7, 11) is 1.60. The van der Waals surface area contributed by atoms with Gasteiger partial charge in [0.05, 0.1) is 44.8 Å². The number of amides is 2. The van der Waals surface area contributed by atoms with E-state index in [-0.39, 0.29) is 23.9 Å². The molecule has 0 aliphatic carbocycles. The van der Waals surface area contributed by atoms with Crippen molar-refractivity contribution in [1.82, 2.24) is 36.2 Å². The maximum atomic E-state index is 11.5. The number of carbonyl (C=O) groups is 2. The highest BCUT2D eigenvalue weighted by Gasteiger charge is 2.22. The topological polar surface area (TPSA) is 133 Å². The number of hydrogen-bond acceptors (Lipinski definition) is 7. The maximum Gasteiger partial charge on any atom is 0.220 e. The Morgan fingerprint density at radius 2 is 1.28 bits per heavy atom. The van der Waals surface area contributed by atoms with Gasteiger partial charge in [-0.25, -0.2) is 9.97 Å². The lowest BCUT2D eigenvalue weighted by Gasteiger charge is -2.15. The fourth-order valence-corrected chi connectivity index (χ4v) is 7.49. The first-order chi connectivity index (χ1) is 24.3. The molecule has 2 aromatic carbocycles. The van der Waals surface area contributed by atoms with Crippen molar-refractivity contribution in [3.05, 3.63) is 87.0 Å². The van der Waals surface area contributed by atoms with Crippen LogP contribution in [-0.4, -0.2) is 59.0 Å². The van der Waals surface area contributed by atoms with Crippen LogP contribution in [0, 0.1) is 0 Å². The van der Waals surface area contributed by atoms with Crippen LogP contribution in [0.25, 0.3) is 44.7 Å². The van der Waals surface area contributed by atoms with Crippen molar-refractivity contribution in [3.63, 3.8) is 0 Å². The second-order valence-electron chi connectivity index (χ2n) is 12.6. The second kappa shape index (κ2) is 15.0. The van der Waals surface area contributed by atoms with Crippen molar-refractivity contribution in [2.45, 2.75) is 50.9 Å². The van der Waals surface area contributed by atoms with Crippen molar-refractivity contribution >= 4 is 57.7 Å². The zero-order chi connectivity index (χ0) is 34.8. The summed E-state index contributed by atoms with van der Waals surface area (Å²) in [6.07, 6.45) is 2.80. The van der Waals surface area contributed by atoms with Crippen LogP contribution in [0.3, 0.4) is 0 Å². The summed E-state index contributed by atoms with van der Waals surface area (Å²) in [5.74, 6) is 0.688. The van der Waals surface area contributed by atoms with Crippen LogP contribution in [0.5, 0.6) is 5.88 Å². The van der Waals surface area contributed by atoms with Crippen molar-refractivity contribution in [3.8, 4) is 39.5 Å². The fraction of sp³-hybridized carbons (Fsp3) is 0.297. The smallest absolute Gasteiger partial charge is 0.220 e. The molecule has 50 heavy (non-hydrogen) atoms. The lowest BCUT2D eigenvalue weighted by atomic mass is 9.98. The molecule has 5 aromatic rings. The molecular weight excluding hydrogens is 697 g/mol. The zero-order valence-electron chi connectivity index (χ0n) is 27.3. The molecule has 10 nitrogen and oxygen atoms in total. The molecule has 13 heteroatoms. The molecule has 7 rings (SSSR count). The van der Waals surface area contributed by atoms with E-state index in [9.17, 15) is 9.59 Å². The largest absolute Gasteiger partial charge is 0.481 e. The first-order valence-corrected chi connectivity index (χ1v) is 17.7. The van der Waals surface area contributed by atoms with E-state index in [4.69, 9.17) is 49.5 Å². The molecule has 2 amide bonds. The molecule has 0 spiro atoms. The van der Waals surface area contributed by atoms with Gasteiger partial charge in [-0.15, -0.1) is 0 Å². The summed E-state index contributed by atoms with van der Waals surface area (Å²) >= 11 is 21.0. The van der Waals surface area contributed by atoms with Crippen LogP contribution in [0.4, 0.5) is 0 Å². The van der Waals surface area contributed by atoms with E-state index in [1.165, 1.54) is 0 Å². The van der Waals surface area contributed by atoms with Crippen molar-refractivity contribution in [1.29, 1.82) is 0 Å². The van der Waals surface area contributed by atoms with Gasteiger partial charge in [0, 0.05) is 78.9 Å². The number of H-pyrrole nitrogens is 1. The summed E-state index contributed by atoms with van der Waals surface area (Å²) in [5, 5.41) is 14.3. The predicted octanol–water partition coefficient (Wildman–Crippen LogP) is 6.66. The minimum Gasteiger partial charge on any atom is -0.481 e. The normalized spacial score (nSPS) is 17.4. The van der Waals surface area contributed by atoms with Gasteiger partial charge in [0.1, 0.15) is 5.52 Å². The van der Waals surface area contributed by atoms with Crippen molar-refractivity contribution in [2.24, 2.45) is 0 Å². The van der Waals surface area contributed by atoms with Gasteiger partial charge in [0.2, 0.25) is 17.7 Å². The number of nitrogens with one attached hydrogen (secondary N) is 5. The first kappa shape index (κ1) is 34.3. The molecule has 2 fully saturated rings. The van der Waals surface area contributed by atoms with Gasteiger partial charge in [-0.3, -0.25) is 9.59 Å². The van der Waals surface area contributed by atoms with E-state index in [2.05, 4.69) is 26.3 Å². The average molecular weight is 733 g/mol. The Morgan fingerprint density at radius 3 is 1.86 bits per heavy atom. The third-order valence-corrected chi connectivity index (χ3v) is 10.4. The van der Waals surface area contributed by atoms with E-state index in [1.807, 2.05) is 60.7 Å². The van der Waals surface area contributed by atoms with Gasteiger partial charge in [-0.1, -0.05) is 77.3 Å². The molecule has 0 bridgehead atoms. The Morgan fingerprint density at radius 1 is 0.720 bits per heavy atom. The Balaban J connectivity index is 1.11. The number of aromatic amines is 1. The van der Waals surface area contributed by atoms with Crippen LogP contribution < -0.4 is 26.0 Å². The number of benzene rings is 2. The number of methoxy groups -OCH3 is 1. The summed E-state index contributed by atoms with van der Waals surface area (Å²) in [6, 6.07) is 19.6. The third kappa shape index (κ3) is 7.17. The highest BCUT2D eigenvalue weighted by Crippen LogP contribution is 2.42. The van der Waals surface area contributed by atoms with Crippen LogP contribution in [-0.2, 0) is 22.7 Å². The molecule has 2 atom stereocenters. The summed E-state index contributed by atoms with van der Waals surface area (Å²) in [4.78, 5) is 36.1. The summed E-state index contributed by atoms with van der Waals surface area (Å²) in [6.45, 7) is 2.40. The number of ether oxygens (including phenoxy) is 1. The number of carbonyl (C=O) groups excluding carboxylic acids is 2. The third-order valence-electron chi connectivity index (χ3n) is 9.19. The lowest BCUT2D eigenvalue weighted by molar-refractivity contribution is -0.120. The number of halogens is 3. The number of aromatic nitrogens is 3. The van der Waals surface area contributed by atoms with E-state index >= 15 is 0 Å². The zero-order valence-corrected chi connectivity index (χ0v) is 29.6. The predicted molar refractivity (Wildman–Crippen MR) is 198 cm³/mol. The molecule has 2 saturated heterocycles. The Bertz CT molecular complexity index is 2090. The van der Waals surface area contributed by atoms with E-state index < -0.39 is 0 Å². The first-order valence-electron chi connectivity index (χ1n) is 16.6. The van der Waals surface area contributed by atoms with E-state index in [1.54, 1.807) is 7.11 Å². The highest BCUT2D eigenvalue weighted by molar-refractivity contribution is 6.39. The average Bonchev–Trinajstić information content (AvgIpc) is 3.83. The van der Waals surface area contributed by atoms with Gasteiger partial charge < -0.3 is 31.0 Å². The van der Waals surface area contributed by atoms with Gasteiger partial charge >= 0.3 is 0 Å². The van der Waals surface area contributed by atoms with Crippen molar-refractivity contribution < 1.29 is 14.3 Å². The fourth-order valence-electron chi connectivity index (χ4n) is 6.58. The highest BCUT2D eigenvalue weighted by atomic mass is 35.5. The molecule has 5 N–H and O–H groups in total. The molecule has 0 saturated carbocycles. The number of nitrogens with zero attached hydrogens (tertiary/aromatic N) is 2. The molecule has 2 aliphatic heterocycles. The quantitative estimate of drug-likeness (QED) is 0.0969. The lowest BCUT2D eigenvalue weighted by Crippen LogP contribution is -2.35. The molecule has 0 radical (unpaired) electrons. The minimum absolute atomic E-state index is 0.0935. The van der Waals surface area contributed by atoms with Crippen LogP contribution in [0.1, 0.15) is 36.9 Å². The molecule has 5 heterocycles. The van der Waals surface area contributed by atoms with Gasteiger partial charge in [-0.05, 0) is 31.0 Å². The maximum absolute atomic E-state index is 11.5. The molecular formula is C37H36Cl3N7O3. The SMILES string of the molecule is COc1nc(-c2cccc(-c3cccc(-c4ccc5[nH]c(CNCC6CCC(=O)N6)c(Cl)c5n4)c3Cl)c2Cl)ccc1CNCC1CCC(=O)N1. The van der Waals surface area contributed by atoms with Crippen molar-refractivity contribution in [2.75, 3.05) is 20.2 Å². The van der Waals surface area contributed by atoms with Gasteiger partial charge in [0.25, 0.3) is 0 Å². The molecule has 2 unspecified atom stereocenters. The Kier molecular flexibility index (Phi) is 10.3. The number of rotatable bonds is 12. The second-order valence-corrected chi connectivity index (χ2v) is 13.7. The summed E-state index contributed by atoms with van der Waals surface area (Å²) < 4.78 is 5.65. The van der Waals surface area contributed by atoms with Gasteiger partial charge in [0.15, 0.2) is 0 Å². The number of hydrogen-bond donors (Lipinski definition) is 5.